The molecule has 410 valence electrons. The predicted molar refractivity (Wildman–Crippen MR) is 298 cm³/mol. The molecule has 0 radical (unpaired) electrons. The van der Waals surface area contributed by atoms with Crippen molar-refractivity contribution in [3.8, 4) is 5.75 Å². The van der Waals surface area contributed by atoms with Gasteiger partial charge >= 0.3 is 11.9 Å². The average Bonchev–Trinajstić information content (AvgIpc) is 3.35. The number of unbranched alkanes of at least 4 members (excludes halogenated alkanes) is 24. The van der Waals surface area contributed by atoms with Gasteiger partial charge in [-0.15, -0.1) is 0 Å². The highest BCUT2D eigenvalue weighted by atomic mass is 16.5. The van der Waals surface area contributed by atoms with Crippen LogP contribution < -0.4 is 41.6 Å². The number of esters is 2. The molecule has 0 saturated heterocycles. The first-order chi connectivity index (χ1) is 34.3. The van der Waals surface area contributed by atoms with Gasteiger partial charge in [-0.05, 0) is 83.8 Å². The van der Waals surface area contributed by atoms with Crippen LogP contribution in [0, 0.1) is 0 Å². The number of carbonyl (C=O) groups is 2. The van der Waals surface area contributed by atoms with Crippen molar-refractivity contribution in [1.82, 2.24) is 4.90 Å². The van der Waals surface area contributed by atoms with Gasteiger partial charge in [-0.1, -0.05) is 162 Å². The van der Waals surface area contributed by atoms with E-state index >= 15 is 0 Å². The van der Waals surface area contributed by atoms with E-state index in [-0.39, 0.29) is 23.8 Å². The van der Waals surface area contributed by atoms with Gasteiger partial charge in [0.1, 0.15) is 23.2 Å². The van der Waals surface area contributed by atoms with Crippen LogP contribution in [0.4, 0.5) is 17.1 Å². The van der Waals surface area contributed by atoms with Gasteiger partial charge in [0.2, 0.25) is 0 Å². The average molecular weight is 1000 g/mol. The molecule has 13 nitrogen and oxygen atoms in total. The third kappa shape index (κ3) is 30.2. The molecule has 2 aromatic carbocycles. The minimum Gasteiger partial charge on any atom is -0.491 e. The van der Waals surface area contributed by atoms with Gasteiger partial charge in [0, 0.05) is 47.6 Å². The second kappa shape index (κ2) is 42.7. The van der Waals surface area contributed by atoms with Crippen LogP contribution in [0.5, 0.6) is 5.75 Å². The lowest BCUT2D eigenvalue weighted by Gasteiger charge is -2.23. The summed E-state index contributed by atoms with van der Waals surface area (Å²) in [5.41, 5.74) is -0.523. The van der Waals surface area contributed by atoms with Crippen LogP contribution in [0.25, 0.3) is 0 Å². The largest absolute Gasteiger partial charge is 0.491 e. The Morgan fingerprint density at radius 2 is 0.873 bits per heavy atom. The fraction of sp³-hybridized carbons (Fsp3) is 0.828. The number of hydrogen-bond donors (Lipinski definition) is 1. The van der Waals surface area contributed by atoms with Crippen LogP contribution in [-0.2, 0) is 19.1 Å². The first-order valence-corrected chi connectivity index (χ1v) is 28.7. The van der Waals surface area contributed by atoms with Crippen LogP contribution in [-0.4, -0.2) is 91.0 Å². The third-order valence-electron chi connectivity index (χ3n) is 13.6. The normalized spacial score (nSPS) is 11.4. The Hall–Kier alpha value is -3.74. The Labute approximate surface area is 431 Å². The molecule has 1 N–H and O–H groups in total. The molecule has 0 aliphatic rings. The molecule has 0 aliphatic heterocycles. The van der Waals surface area contributed by atoms with Gasteiger partial charge in [0.05, 0.1) is 13.7 Å². The summed E-state index contributed by atoms with van der Waals surface area (Å²) < 4.78 is 16.2. The number of carbonyl (C=O) groups excluding carboxylic acids is 2. The van der Waals surface area contributed by atoms with Crippen molar-refractivity contribution in [2.24, 2.45) is 0 Å². The van der Waals surface area contributed by atoms with Gasteiger partial charge < -0.3 is 34.2 Å². The van der Waals surface area contributed by atoms with Crippen LogP contribution >= 0.6 is 0 Å². The van der Waals surface area contributed by atoms with Crippen LogP contribution in [0.3, 0.4) is 0 Å². The van der Waals surface area contributed by atoms with Gasteiger partial charge in [-0.2, -0.15) is 0 Å². The Bertz CT molecular complexity index is 1760. The lowest BCUT2D eigenvalue weighted by Crippen LogP contribution is -2.40. The maximum absolute atomic E-state index is 12.9. The zero-order chi connectivity index (χ0) is 52.5. The Balaban J connectivity index is 0.00000200. The van der Waals surface area contributed by atoms with Gasteiger partial charge in [0.15, 0.2) is 5.75 Å². The quantitative estimate of drug-likeness (QED) is 0.0381. The first kappa shape index (κ1) is 65.3. The number of ether oxygens (including phenoxy) is 3. The molecule has 0 spiro atoms. The van der Waals surface area contributed by atoms with Crippen molar-refractivity contribution < 1.29 is 23.8 Å². The number of nitrogens with one attached hydrogen (secondary N) is 1. The first-order valence-electron chi connectivity index (χ1n) is 28.7. The predicted octanol–water partition coefficient (Wildman–Crippen LogP) is 12.2. The van der Waals surface area contributed by atoms with Crippen molar-refractivity contribution >= 4 is 29.0 Å². The van der Waals surface area contributed by atoms with E-state index in [9.17, 15) is 28.8 Å². The van der Waals surface area contributed by atoms with Gasteiger partial charge in [-0.25, -0.2) is 0 Å². The van der Waals surface area contributed by atoms with E-state index in [1.54, 1.807) is 38.0 Å². The Kier molecular flexibility index (Phi) is 39.3. The van der Waals surface area contributed by atoms with E-state index < -0.39 is 21.7 Å². The summed E-state index contributed by atoms with van der Waals surface area (Å²) in [6, 6.07) is 0. The van der Waals surface area contributed by atoms with E-state index in [0.717, 1.165) is 116 Å². The third-order valence-corrected chi connectivity index (χ3v) is 13.6. The number of anilines is 3. The molecule has 0 aromatic heterocycles. The molecule has 0 bridgehead atoms. The summed E-state index contributed by atoms with van der Waals surface area (Å²) in [6.45, 7) is 11.0. The summed E-state index contributed by atoms with van der Waals surface area (Å²) in [7, 11) is 8.36. The number of hydrogen-bond acceptors (Lipinski definition) is 13. The fourth-order valence-corrected chi connectivity index (χ4v) is 9.18. The molecule has 0 unspecified atom stereocenters. The molecule has 71 heavy (non-hydrogen) atoms. The lowest BCUT2D eigenvalue weighted by atomic mass is 10.0. The van der Waals surface area contributed by atoms with Crippen molar-refractivity contribution in [3.63, 3.8) is 0 Å². The SMILES string of the molecule is CCCCCCCCCOC(=O)CCCCCCCN(CCCCCCCC(=O)OC(CCCCCCCC)CCCCCCCC)CCCNc1c(N(C)C)c(=O)c1=O.COc1c(N(C)C)c(=O)c1=O. The van der Waals surface area contributed by atoms with E-state index in [1.807, 2.05) is 0 Å². The fourth-order valence-electron chi connectivity index (χ4n) is 9.18. The van der Waals surface area contributed by atoms with Crippen molar-refractivity contribution in [2.75, 3.05) is 83.2 Å². The zero-order valence-electron chi connectivity index (χ0n) is 46.7. The molecule has 0 atom stereocenters. The minimum atomic E-state index is -0.531. The topological polar surface area (TPSA) is 152 Å². The highest BCUT2D eigenvalue weighted by Gasteiger charge is 2.23. The maximum Gasteiger partial charge on any atom is 0.306 e. The molecule has 0 heterocycles. The van der Waals surface area contributed by atoms with E-state index in [1.165, 1.54) is 116 Å². The van der Waals surface area contributed by atoms with E-state index in [4.69, 9.17) is 14.2 Å². The highest BCUT2D eigenvalue weighted by Crippen LogP contribution is 2.21. The van der Waals surface area contributed by atoms with Crippen LogP contribution in [0.15, 0.2) is 19.2 Å². The van der Waals surface area contributed by atoms with Crippen molar-refractivity contribution in [2.45, 2.75) is 245 Å². The molecule has 0 saturated carbocycles. The molecule has 2 aromatic rings. The molecular formula is C58H104N4O9. The molecule has 0 aliphatic carbocycles. The second-order valence-electron chi connectivity index (χ2n) is 20.4. The lowest BCUT2D eigenvalue weighted by molar-refractivity contribution is -0.150. The molecule has 13 heteroatoms. The van der Waals surface area contributed by atoms with E-state index in [0.29, 0.717) is 43.1 Å². The summed E-state index contributed by atoms with van der Waals surface area (Å²) in [5, 5.41) is 3.23. The number of methoxy groups -OCH3 is 1. The van der Waals surface area contributed by atoms with Gasteiger partial charge in [-0.3, -0.25) is 28.8 Å². The number of rotatable bonds is 47. The second-order valence-corrected chi connectivity index (χ2v) is 20.4. The van der Waals surface area contributed by atoms with Crippen LogP contribution in [0.1, 0.15) is 239 Å². The van der Waals surface area contributed by atoms with E-state index in [2.05, 4.69) is 31.0 Å². The van der Waals surface area contributed by atoms with Crippen molar-refractivity contribution in [1.29, 1.82) is 0 Å². The summed E-state index contributed by atoms with van der Waals surface area (Å²) in [4.78, 5) is 76.5. The smallest absolute Gasteiger partial charge is 0.306 e. The standard InChI is InChI=1S/C51H95N3O6.C7H9NO3/c1-6-9-12-15-18-27-34-44-59-46(55)38-30-23-19-25-32-41-54(43-35-40-52-48-49(53(4)5)51(58)50(48)57)42-33-26-20-24-31-39-47(56)60-45(36-28-21-16-13-10-7-2)37-29-22-17-14-11-8-3;1-8(2)4-5(9)6(10)7(4)11-3/h45,52H,6-44H2,1-5H3;1-3H3. The zero-order valence-corrected chi connectivity index (χ0v) is 46.7. The summed E-state index contributed by atoms with van der Waals surface area (Å²) in [6.07, 6.45) is 38.6. The Morgan fingerprint density at radius 3 is 1.34 bits per heavy atom. The summed E-state index contributed by atoms with van der Waals surface area (Å²) in [5.74, 6) is 0.116. The highest BCUT2D eigenvalue weighted by molar-refractivity contribution is 5.74. The number of nitrogens with zero attached hydrogens (tertiary/aromatic N) is 3. The molecular weight excluding hydrogens is 897 g/mol. The summed E-state index contributed by atoms with van der Waals surface area (Å²) >= 11 is 0. The van der Waals surface area contributed by atoms with Crippen LogP contribution in [0.2, 0.25) is 0 Å². The molecule has 2 rings (SSSR count). The minimum absolute atomic E-state index is 0.00285. The monoisotopic (exact) mass is 1000 g/mol. The maximum atomic E-state index is 12.9. The van der Waals surface area contributed by atoms with Crippen molar-refractivity contribution in [3.05, 3.63) is 40.9 Å². The van der Waals surface area contributed by atoms with Gasteiger partial charge in [0.25, 0.3) is 21.7 Å². The molecule has 0 fully saturated rings. The Morgan fingerprint density at radius 1 is 0.465 bits per heavy atom. The molecule has 0 amide bonds.